The minimum Gasteiger partial charge on any atom is -0.316 e. The molecule has 0 aromatic heterocycles. The number of nitrogens with one attached hydrogen (secondary N) is 1. The van der Waals surface area contributed by atoms with Gasteiger partial charge in [0.05, 0.1) is 0 Å². The Hall–Kier alpha value is -1.67. The summed E-state index contributed by atoms with van der Waals surface area (Å²) >= 11 is 0. The average molecular weight is 269 g/mol. The Morgan fingerprint density at radius 3 is 2.60 bits per heavy atom. The lowest BCUT2D eigenvalue weighted by Gasteiger charge is -2.18. The highest BCUT2D eigenvalue weighted by Crippen LogP contribution is 2.30. The topological polar surface area (TPSA) is 12.0 Å². The van der Waals surface area contributed by atoms with Crippen LogP contribution in [0.15, 0.2) is 36.4 Å². The van der Waals surface area contributed by atoms with Gasteiger partial charge < -0.3 is 5.32 Å². The first-order chi connectivity index (χ1) is 9.78. The molecule has 0 saturated carbocycles. The Bertz CT molecular complexity index is 619. The molecule has 2 heteroatoms. The van der Waals surface area contributed by atoms with Gasteiger partial charge in [0.25, 0.3) is 0 Å². The van der Waals surface area contributed by atoms with Gasteiger partial charge in [0.1, 0.15) is 5.82 Å². The molecule has 2 aromatic rings. The molecule has 0 fully saturated rings. The third-order valence-corrected chi connectivity index (χ3v) is 4.10. The summed E-state index contributed by atoms with van der Waals surface area (Å²) < 4.78 is 13.6. The lowest BCUT2D eigenvalue weighted by Crippen LogP contribution is -2.07. The highest BCUT2D eigenvalue weighted by molar-refractivity contribution is 5.69. The van der Waals surface area contributed by atoms with Crippen LogP contribution < -0.4 is 5.32 Å². The summed E-state index contributed by atoms with van der Waals surface area (Å²) in [6.45, 7) is 0.757. The lowest BCUT2D eigenvalue weighted by atomic mass is 9.88. The van der Waals surface area contributed by atoms with Crippen molar-refractivity contribution >= 4 is 0 Å². The predicted molar refractivity (Wildman–Crippen MR) is 81.2 cm³/mol. The number of fused-ring (bicyclic) bond motifs is 1. The van der Waals surface area contributed by atoms with E-state index in [1.54, 1.807) is 6.07 Å². The van der Waals surface area contributed by atoms with Gasteiger partial charge >= 0.3 is 0 Å². The number of benzene rings is 2. The van der Waals surface area contributed by atoms with E-state index < -0.39 is 0 Å². The van der Waals surface area contributed by atoms with Gasteiger partial charge in [0.15, 0.2) is 0 Å². The highest BCUT2D eigenvalue weighted by Gasteiger charge is 2.12. The summed E-state index contributed by atoms with van der Waals surface area (Å²) in [4.78, 5) is 0. The molecule has 0 radical (unpaired) electrons. The second kappa shape index (κ2) is 5.76. The first kappa shape index (κ1) is 13.3. The standard InChI is InChI=1S/C18H20FN/c1-20-12-16-8-9-17(19)11-18(16)15-7-6-13-4-2-3-5-14(13)10-15/h6-11,20H,2-5,12H2,1H3. The van der Waals surface area contributed by atoms with Crippen LogP contribution in [-0.2, 0) is 19.4 Å². The van der Waals surface area contributed by atoms with Crippen molar-refractivity contribution in [2.45, 2.75) is 32.2 Å². The Kier molecular flexibility index (Phi) is 3.83. The smallest absolute Gasteiger partial charge is 0.123 e. The summed E-state index contributed by atoms with van der Waals surface area (Å²) in [5, 5.41) is 3.15. The van der Waals surface area contributed by atoms with Crippen LogP contribution in [-0.4, -0.2) is 7.05 Å². The molecule has 104 valence electrons. The normalized spacial score (nSPS) is 14.1. The van der Waals surface area contributed by atoms with Crippen molar-refractivity contribution in [3.8, 4) is 11.1 Å². The molecular formula is C18H20FN. The quantitative estimate of drug-likeness (QED) is 0.885. The molecule has 1 aliphatic carbocycles. The number of rotatable bonds is 3. The SMILES string of the molecule is CNCc1ccc(F)cc1-c1ccc2c(c1)CCCC2. The van der Waals surface area contributed by atoms with Crippen LogP contribution in [0, 0.1) is 5.82 Å². The van der Waals surface area contributed by atoms with Crippen molar-refractivity contribution in [2.75, 3.05) is 7.05 Å². The fourth-order valence-electron chi connectivity index (χ4n) is 3.06. The van der Waals surface area contributed by atoms with E-state index in [1.807, 2.05) is 13.1 Å². The molecule has 0 aliphatic heterocycles. The zero-order valence-electron chi connectivity index (χ0n) is 11.9. The molecule has 1 N–H and O–H groups in total. The van der Waals surface area contributed by atoms with Crippen molar-refractivity contribution in [3.63, 3.8) is 0 Å². The van der Waals surface area contributed by atoms with Crippen LogP contribution in [0.3, 0.4) is 0 Å². The molecule has 0 heterocycles. The summed E-state index contributed by atoms with van der Waals surface area (Å²) in [5.74, 6) is -0.169. The van der Waals surface area contributed by atoms with E-state index in [4.69, 9.17) is 0 Å². The van der Waals surface area contributed by atoms with E-state index in [0.717, 1.165) is 29.7 Å². The van der Waals surface area contributed by atoms with Gasteiger partial charge in [-0.05, 0) is 72.7 Å². The number of hydrogen-bond donors (Lipinski definition) is 1. The van der Waals surface area contributed by atoms with E-state index in [0.29, 0.717) is 0 Å². The number of aryl methyl sites for hydroxylation is 2. The zero-order valence-corrected chi connectivity index (χ0v) is 11.9. The monoisotopic (exact) mass is 269 g/mol. The Morgan fingerprint density at radius 1 is 1.00 bits per heavy atom. The van der Waals surface area contributed by atoms with Gasteiger partial charge in [-0.3, -0.25) is 0 Å². The minimum atomic E-state index is -0.169. The highest BCUT2D eigenvalue weighted by atomic mass is 19.1. The van der Waals surface area contributed by atoms with Gasteiger partial charge in [-0.1, -0.05) is 24.3 Å². The van der Waals surface area contributed by atoms with Crippen LogP contribution in [0.4, 0.5) is 4.39 Å². The van der Waals surface area contributed by atoms with E-state index in [2.05, 4.69) is 23.5 Å². The molecule has 0 unspecified atom stereocenters. The van der Waals surface area contributed by atoms with Gasteiger partial charge in [0.2, 0.25) is 0 Å². The maximum absolute atomic E-state index is 13.6. The van der Waals surface area contributed by atoms with E-state index in [1.165, 1.54) is 36.5 Å². The van der Waals surface area contributed by atoms with Crippen LogP contribution in [0.25, 0.3) is 11.1 Å². The van der Waals surface area contributed by atoms with Gasteiger partial charge in [0, 0.05) is 6.54 Å². The molecule has 1 nitrogen and oxygen atoms in total. The number of halogens is 1. The predicted octanol–water partition coefficient (Wildman–Crippen LogP) is 4.09. The first-order valence-corrected chi connectivity index (χ1v) is 7.33. The molecule has 0 spiro atoms. The van der Waals surface area contributed by atoms with Crippen LogP contribution in [0.2, 0.25) is 0 Å². The van der Waals surface area contributed by atoms with Crippen LogP contribution in [0.1, 0.15) is 29.5 Å². The fraction of sp³-hybridized carbons (Fsp3) is 0.333. The molecule has 20 heavy (non-hydrogen) atoms. The third-order valence-electron chi connectivity index (χ3n) is 4.10. The maximum Gasteiger partial charge on any atom is 0.123 e. The Morgan fingerprint density at radius 2 is 1.80 bits per heavy atom. The number of hydrogen-bond acceptors (Lipinski definition) is 1. The van der Waals surface area contributed by atoms with Crippen molar-refractivity contribution in [3.05, 3.63) is 58.9 Å². The average Bonchev–Trinajstić information content (AvgIpc) is 2.49. The molecule has 0 saturated heterocycles. The summed E-state index contributed by atoms with van der Waals surface area (Å²) in [6, 6.07) is 11.7. The molecular weight excluding hydrogens is 249 g/mol. The molecule has 2 aromatic carbocycles. The summed E-state index contributed by atoms with van der Waals surface area (Å²) in [5.41, 5.74) is 6.19. The Labute approximate surface area is 119 Å². The fourth-order valence-corrected chi connectivity index (χ4v) is 3.06. The molecule has 0 atom stereocenters. The van der Waals surface area contributed by atoms with E-state index in [-0.39, 0.29) is 5.82 Å². The van der Waals surface area contributed by atoms with Crippen molar-refractivity contribution in [1.29, 1.82) is 0 Å². The minimum absolute atomic E-state index is 0.169. The van der Waals surface area contributed by atoms with Crippen molar-refractivity contribution in [2.24, 2.45) is 0 Å². The zero-order chi connectivity index (χ0) is 13.9. The Balaban J connectivity index is 2.05. The summed E-state index contributed by atoms with van der Waals surface area (Å²) in [6.07, 6.45) is 4.89. The largest absolute Gasteiger partial charge is 0.316 e. The summed E-state index contributed by atoms with van der Waals surface area (Å²) in [7, 11) is 1.92. The maximum atomic E-state index is 13.6. The van der Waals surface area contributed by atoms with E-state index in [9.17, 15) is 4.39 Å². The van der Waals surface area contributed by atoms with Crippen LogP contribution in [0.5, 0.6) is 0 Å². The van der Waals surface area contributed by atoms with Gasteiger partial charge in [-0.15, -0.1) is 0 Å². The third kappa shape index (κ3) is 2.61. The molecule has 3 rings (SSSR count). The van der Waals surface area contributed by atoms with Crippen molar-refractivity contribution in [1.82, 2.24) is 5.32 Å². The first-order valence-electron chi connectivity index (χ1n) is 7.33. The molecule has 0 bridgehead atoms. The van der Waals surface area contributed by atoms with Crippen LogP contribution >= 0.6 is 0 Å². The van der Waals surface area contributed by atoms with Crippen molar-refractivity contribution < 1.29 is 4.39 Å². The molecule has 0 amide bonds. The van der Waals surface area contributed by atoms with Gasteiger partial charge in [-0.25, -0.2) is 4.39 Å². The van der Waals surface area contributed by atoms with Gasteiger partial charge in [-0.2, -0.15) is 0 Å². The van der Waals surface area contributed by atoms with E-state index >= 15 is 0 Å². The molecule has 1 aliphatic rings. The lowest BCUT2D eigenvalue weighted by molar-refractivity contribution is 0.627. The second-order valence-electron chi connectivity index (χ2n) is 5.52. The second-order valence-corrected chi connectivity index (χ2v) is 5.52.